The largest absolute Gasteiger partial charge is 0.395 e. The fourth-order valence-corrected chi connectivity index (χ4v) is 7.47. The third kappa shape index (κ3) is 4.41. The lowest BCUT2D eigenvalue weighted by atomic mass is 10.1. The minimum Gasteiger partial charge on any atom is -0.395 e. The molecule has 1 aliphatic carbocycles. The molecule has 4 rings (SSSR count). The van der Waals surface area contributed by atoms with Crippen LogP contribution < -0.4 is 5.32 Å². The first-order valence-corrected chi connectivity index (χ1v) is 13.1. The Morgan fingerprint density at radius 2 is 1.97 bits per heavy atom. The van der Waals surface area contributed by atoms with Gasteiger partial charge in [-0.3, -0.25) is 4.79 Å². The number of aliphatic hydroxyl groups is 1. The monoisotopic (exact) mass is 463 g/mol. The minimum absolute atomic E-state index is 0.0223. The fraction of sp³-hybridized carbons (Fsp3) is 0.545. The molecule has 1 saturated heterocycles. The zero-order valence-corrected chi connectivity index (χ0v) is 19.6. The Balaban J connectivity index is 1.62. The number of hydrogen-bond donors (Lipinski definition) is 2. The Morgan fingerprint density at radius 3 is 2.68 bits per heavy atom. The number of nitrogens with zero attached hydrogens (tertiary/aromatic N) is 2. The van der Waals surface area contributed by atoms with E-state index in [-0.39, 0.29) is 29.4 Å². The van der Waals surface area contributed by atoms with E-state index in [1.807, 2.05) is 19.1 Å². The summed E-state index contributed by atoms with van der Waals surface area (Å²) in [6, 6.07) is 5.03. The molecule has 168 valence electrons. The maximum absolute atomic E-state index is 13.3. The van der Waals surface area contributed by atoms with E-state index in [1.165, 1.54) is 15.6 Å². The van der Waals surface area contributed by atoms with Gasteiger partial charge in [0.25, 0.3) is 0 Å². The van der Waals surface area contributed by atoms with Gasteiger partial charge in [-0.05, 0) is 56.7 Å². The van der Waals surface area contributed by atoms with Crippen molar-refractivity contribution in [2.24, 2.45) is 5.92 Å². The molecular weight excluding hydrogens is 434 g/mol. The second kappa shape index (κ2) is 8.97. The number of aromatic nitrogens is 1. The highest BCUT2D eigenvalue weighted by Gasteiger charge is 2.36. The first-order chi connectivity index (χ1) is 14.8. The van der Waals surface area contributed by atoms with E-state index < -0.39 is 10.0 Å². The van der Waals surface area contributed by atoms with E-state index >= 15 is 0 Å². The molecule has 31 heavy (non-hydrogen) atoms. The van der Waals surface area contributed by atoms with Crippen molar-refractivity contribution in [2.45, 2.75) is 63.3 Å². The predicted molar refractivity (Wildman–Crippen MR) is 122 cm³/mol. The van der Waals surface area contributed by atoms with Crippen LogP contribution in [0.1, 0.15) is 49.8 Å². The topological polar surface area (TPSA) is 99.6 Å². The Hall–Kier alpha value is -1.81. The normalized spacial score (nSPS) is 20.4. The van der Waals surface area contributed by atoms with Crippen LogP contribution >= 0.6 is 11.3 Å². The number of aliphatic hydroxyl groups excluding tert-OH is 1. The number of aryl methyl sites for hydroxylation is 2. The third-order valence-corrected chi connectivity index (χ3v) is 9.54. The van der Waals surface area contributed by atoms with E-state index in [2.05, 4.69) is 10.3 Å². The molecule has 1 amide bonds. The molecule has 1 aliphatic heterocycles. The molecule has 9 heteroatoms. The summed E-state index contributed by atoms with van der Waals surface area (Å²) in [5.74, 6) is 0.0813. The molecule has 7 nitrogen and oxygen atoms in total. The number of benzene rings is 1. The lowest BCUT2D eigenvalue weighted by molar-refractivity contribution is -0.119. The third-order valence-electron chi connectivity index (χ3n) is 6.32. The molecule has 1 aromatic heterocycles. The Kier molecular flexibility index (Phi) is 6.48. The average Bonchev–Trinajstić information content (AvgIpc) is 3.49. The molecule has 0 spiro atoms. The van der Waals surface area contributed by atoms with Crippen molar-refractivity contribution in [3.63, 3.8) is 0 Å². The van der Waals surface area contributed by atoms with E-state index in [0.29, 0.717) is 23.7 Å². The van der Waals surface area contributed by atoms with Crippen LogP contribution in [0.3, 0.4) is 0 Å². The summed E-state index contributed by atoms with van der Waals surface area (Å²) in [5.41, 5.74) is 2.19. The summed E-state index contributed by atoms with van der Waals surface area (Å²) in [4.78, 5) is 18.1. The van der Waals surface area contributed by atoms with Gasteiger partial charge in [0.15, 0.2) is 5.13 Å². The van der Waals surface area contributed by atoms with Gasteiger partial charge in [0.1, 0.15) is 0 Å². The van der Waals surface area contributed by atoms with Crippen molar-refractivity contribution in [1.29, 1.82) is 0 Å². The van der Waals surface area contributed by atoms with Crippen LogP contribution in [0.2, 0.25) is 0 Å². The van der Waals surface area contributed by atoms with Gasteiger partial charge in [0, 0.05) is 18.5 Å². The molecule has 2 aromatic rings. The maximum Gasteiger partial charge on any atom is 0.243 e. The molecule has 0 unspecified atom stereocenters. The lowest BCUT2D eigenvalue weighted by Crippen LogP contribution is -2.37. The summed E-state index contributed by atoms with van der Waals surface area (Å²) >= 11 is 1.37. The second-order valence-corrected chi connectivity index (χ2v) is 11.3. The number of carbonyl (C=O) groups excluding carboxylic acids is 1. The van der Waals surface area contributed by atoms with E-state index in [4.69, 9.17) is 0 Å². The number of thiazole rings is 1. The predicted octanol–water partition coefficient (Wildman–Crippen LogP) is 3.70. The lowest BCUT2D eigenvalue weighted by Gasteiger charge is -2.23. The highest BCUT2D eigenvalue weighted by atomic mass is 32.2. The molecule has 0 bridgehead atoms. The summed E-state index contributed by atoms with van der Waals surface area (Å²) < 4.78 is 28.1. The average molecular weight is 464 g/mol. The van der Waals surface area contributed by atoms with Crippen molar-refractivity contribution in [1.82, 2.24) is 9.29 Å². The van der Waals surface area contributed by atoms with Crippen LogP contribution in [0.25, 0.3) is 10.4 Å². The summed E-state index contributed by atoms with van der Waals surface area (Å²) in [5, 5.41) is 13.1. The molecule has 2 aliphatic rings. The number of nitrogens with one attached hydrogen (secondary N) is 1. The van der Waals surface area contributed by atoms with Gasteiger partial charge in [-0.25, -0.2) is 13.4 Å². The molecule has 2 heterocycles. The minimum atomic E-state index is -3.71. The molecular formula is C22H29N3O4S2. The summed E-state index contributed by atoms with van der Waals surface area (Å²) in [6.07, 6.45) is 5.46. The number of hydrogen-bond acceptors (Lipinski definition) is 6. The van der Waals surface area contributed by atoms with Crippen LogP contribution in [-0.4, -0.2) is 47.9 Å². The van der Waals surface area contributed by atoms with Crippen molar-refractivity contribution in [3.05, 3.63) is 29.5 Å². The molecule has 1 saturated carbocycles. The van der Waals surface area contributed by atoms with Gasteiger partial charge in [-0.1, -0.05) is 36.3 Å². The van der Waals surface area contributed by atoms with E-state index in [9.17, 15) is 18.3 Å². The van der Waals surface area contributed by atoms with Gasteiger partial charge in [-0.2, -0.15) is 4.31 Å². The molecule has 1 aromatic carbocycles. The zero-order chi connectivity index (χ0) is 22.2. The fourth-order valence-electron chi connectivity index (χ4n) is 4.57. The molecule has 2 fully saturated rings. The van der Waals surface area contributed by atoms with E-state index in [1.54, 1.807) is 13.0 Å². The number of sulfonamides is 1. The first-order valence-electron chi connectivity index (χ1n) is 10.8. The Bertz CT molecular complexity index is 1070. The van der Waals surface area contributed by atoms with Crippen molar-refractivity contribution in [2.75, 3.05) is 18.5 Å². The van der Waals surface area contributed by atoms with Crippen molar-refractivity contribution >= 4 is 32.4 Å². The first kappa shape index (κ1) is 22.4. The summed E-state index contributed by atoms with van der Waals surface area (Å²) in [6.45, 7) is 3.91. The maximum atomic E-state index is 13.3. The highest BCUT2D eigenvalue weighted by Crippen LogP contribution is 2.37. The Labute approximate surface area is 187 Å². The number of amides is 1. The van der Waals surface area contributed by atoms with E-state index in [0.717, 1.165) is 48.2 Å². The standard InChI is InChI=1S/C22H29N3O4S2/c1-14-9-10-17(12-19(14)31(28,29)25-11-5-8-18(25)13-26)20-15(2)23-22(30-20)24-21(27)16-6-3-4-7-16/h9-10,12,16,18,26H,3-8,11,13H2,1-2H3,(H,23,24,27)/t18-/m1/s1. The quantitative estimate of drug-likeness (QED) is 0.680. The smallest absolute Gasteiger partial charge is 0.243 e. The van der Waals surface area contributed by atoms with Crippen LogP contribution in [0, 0.1) is 19.8 Å². The highest BCUT2D eigenvalue weighted by molar-refractivity contribution is 7.89. The summed E-state index contributed by atoms with van der Waals surface area (Å²) in [7, 11) is -3.71. The molecule has 1 atom stereocenters. The van der Waals surface area contributed by atoms with Crippen LogP contribution in [-0.2, 0) is 14.8 Å². The second-order valence-electron chi connectivity index (χ2n) is 8.48. The Morgan fingerprint density at radius 1 is 1.23 bits per heavy atom. The zero-order valence-electron chi connectivity index (χ0n) is 17.9. The molecule has 0 radical (unpaired) electrons. The molecule has 2 N–H and O–H groups in total. The van der Waals surface area contributed by atoms with Crippen LogP contribution in [0.4, 0.5) is 5.13 Å². The number of carbonyl (C=O) groups is 1. The van der Waals surface area contributed by atoms with Gasteiger partial charge in [0.05, 0.1) is 22.1 Å². The van der Waals surface area contributed by atoms with Gasteiger partial charge in [-0.15, -0.1) is 0 Å². The number of anilines is 1. The van der Waals surface area contributed by atoms with Crippen molar-refractivity contribution in [3.8, 4) is 10.4 Å². The van der Waals surface area contributed by atoms with Crippen molar-refractivity contribution < 1.29 is 18.3 Å². The van der Waals surface area contributed by atoms with Gasteiger partial charge >= 0.3 is 0 Å². The number of rotatable bonds is 6. The van der Waals surface area contributed by atoms with Crippen LogP contribution in [0.5, 0.6) is 0 Å². The SMILES string of the molecule is Cc1ccc(-c2sc(NC(=O)C3CCCC3)nc2C)cc1S(=O)(=O)N1CCC[C@@H]1CO. The van der Waals surface area contributed by atoms with Gasteiger partial charge < -0.3 is 10.4 Å². The van der Waals surface area contributed by atoms with Crippen LogP contribution in [0.15, 0.2) is 23.1 Å². The van der Waals surface area contributed by atoms with Gasteiger partial charge in [0.2, 0.25) is 15.9 Å².